The van der Waals surface area contributed by atoms with E-state index in [1.807, 2.05) is 0 Å². The molecule has 0 saturated heterocycles. The lowest BCUT2D eigenvalue weighted by Gasteiger charge is -2.09. The average molecular weight is 191 g/mol. The van der Waals surface area contributed by atoms with Crippen LogP contribution in [0.25, 0.3) is 0 Å². The maximum Gasteiger partial charge on any atom is 0.137 e. The summed E-state index contributed by atoms with van der Waals surface area (Å²) in [7, 11) is 0. The van der Waals surface area contributed by atoms with Crippen molar-refractivity contribution < 1.29 is 0 Å². The second kappa shape index (κ2) is 4.20. The SMILES string of the molecule is N#CC(CCn1cncn1)NC1CC1. The number of hydrogen-bond donors (Lipinski definition) is 1. The molecule has 1 saturated carbocycles. The Morgan fingerprint density at radius 1 is 1.64 bits per heavy atom. The lowest BCUT2D eigenvalue weighted by Crippen LogP contribution is -2.30. The highest BCUT2D eigenvalue weighted by atomic mass is 15.3. The lowest BCUT2D eigenvalue weighted by molar-refractivity contribution is 0.490. The number of aromatic nitrogens is 3. The molecule has 5 heteroatoms. The van der Waals surface area contributed by atoms with Crippen LogP contribution in [0.15, 0.2) is 12.7 Å². The summed E-state index contributed by atoms with van der Waals surface area (Å²) in [5.74, 6) is 0. The van der Waals surface area contributed by atoms with Crippen LogP contribution in [0, 0.1) is 11.3 Å². The number of nitriles is 1. The van der Waals surface area contributed by atoms with Gasteiger partial charge in [-0.15, -0.1) is 0 Å². The number of aryl methyl sites for hydroxylation is 1. The van der Waals surface area contributed by atoms with E-state index in [0.29, 0.717) is 6.04 Å². The Balaban J connectivity index is 1.74. The maximum absolute atomic E-state index is 8.87. The minimum absolute atomic E-state index is 0.0494. The van der Waals surface area contributed by atoms with Crippen LogP contribution in [0.1, 0.15) is 19.3 Å². The van der Waals surface area contributed by atoms with Crippen molar-refractivity contribution in [1.82, 2.24) is 20.1 Å². The molecule has 1 atom stereocenters. The van der Waals surface area contributed by atoms with Gasteiger partial charge in [-0.25, -0.2) is 4.98 Å². The summed E-state index contributed by atoms with van der Waals surface area (Å²) < 4.78 is 1.75. The molecule has 1 N–H and O–H groups in total. The number of rotatable bonds is 5. The lowest BCUT2D eigenvalue weighted by atomic mass is 10.2. The maximum atomic E-state index is 8.87. The molecule has 0 amide bonds. The predicted molar refractivity (Wildman–Crippen MR) is 50.2 cm³/mol. The van der Waals surface area contributed by atoms with Crippen molar-refractivity contribution in [3.63, 3.8) is 0 Å². The molecule has 5 nitrogen and oxygen atoms in total. The van der Waals surface area contributed by atoms with Gasteiger partial charge in [-0.1, -0.05) is 0 Å². The predicted octanol–water partition coefficient (Wildman–Crippen LogP) is 0.312. The third-order valence-corrected chi connectivity index (χ3v) is 2.28. The zero-order valence-electron chi connectivity index (χ0n) is 7.93. The van der Waals surface area contributed by atoms with Crippen molar-refractivity contribution in [3.8, 4) is 6.07 Å². The van der Waals surface area contributed by atoms with E-state index < -0.39 is 0 Å². The van der Waals surface area contributed by atoms with Gasteiger partial charge in [0, 0.05) is 12.6 Å². The number of nitrogens with zero attached hydrogens (tertiary/aromatic N) is 4. The largest absolute Gasteiger partial charge is 0.299 e. The van der Waals surface area contributed by atoms with Crippen molar-refractivity contribution in [2.75, 3.05) is 0 Å². The summed E-state index contributed by atoms with van der Waals surface area (Å²) in [6, 6.07) is 2.79. The van der Waals surface area contributed by atoms with Crippen LogP contribution in [0.5, 0.6) is 0 Å². The summed E-state index contributed by atoms with van der Waals surface area (Å²) >= 11 is 0. The quantitative estimate of drug-likeness (QED) is 0.727. The van der Waals surface area contributed by atoms with Crippen LogP contribution in [0.4, 0.5) is 0 Å². The molecule has 1 aromatic heterocycles. The normalized spacial score (nSPS) is 17.6. The first-order valence-corrected chi connectivity index (χ1v) is 4.86. The molecular formula is C9H13N5. The molecule has 1 aliphatic rings. The molecule has 0 aliphatic heterocycles. The first kappa shape index (κ1) is 9.16. The van der Waals surface area contributed by atoms with Gasteiger partial charge in [-0.05, 0) is 19.3 Å². The van der Waals surface area contributed by atoms with Crippen molar-refractivity contribution in [1.29, 1.82) is 5.26 Å². The van der Waals surface area contributed by atoms with Crippen LogP contribution in [-0.4, -0.2) is 26.8 Å². The summed E-state index contributed by atoms with van der Waals surface area (Å²) in [6.45, 7) is 0.748. The minimum atomic E-state index is -0.0494. The van der Waals surface area contributed by atoms with Gasteiger partial charge in [0.25, 0.3) is 0 Å². The Morgan fingerprint density at radius 3 is 3.07 bits per heavy atom. The summed E-state index contributed by atoms with van der Waals surface area (Å²) in [6.07, 6.45) is 6.39. The average Bonchev–Trinajstić information content (AvgIpc) is 2.86. The van der Waals surface area contributed by atoms with E-state index in [2.05, 4.69) is 21.5 Å². The fourth-order valence-electron chi connectivity index (χ4n) is 1.33. The smallest absolute Gasteiger partial charge is 0.137 e. The van der Waals surface area contributed by atoms with Crippen LogP contribution in [-0.2, 0) is 6.54 Å². The van der Waals surface area contributed by atoms with E-state index in [1.165, 1.54) is 19.2 Å². The Kier molecular flexibility index (Phi) is 2.75. The Labute approximate surface area is 82.7 Å². The summed E-state index contributed by atoms with van der Waals surface area (Å²) in [5, 5.41) is 16.1. The molecule has 1 aromatic rings. The zero-order valence-corrected chi connectivity index (χ0v) is 7.93. The fraction of sp³-hybridized carbons (Fsp3) is 0.667. The molecule has 0 spiro atoms. The minimum Gasteiger partial charge on any atom is -0.299 e. The van der Waals surface area contributed by atoms with Crippen LogP contribution < -0.4 is 5.32 Å². The van der Waals surface area contributed by atoms with Gasteiger partial charge >= 0.3 is 0 Å². The summed E-state index contributed by atoms with van der Waals surface area (Å²) in [4.78, 5) is 3.85. The highest BCUT2D eigenvalue weighted by Gasteiger charge is 2.24. The van der Waals surface area contributed by atoms with Crippen molar-refractivity contribution in [3.05, 3.63) is 12.7 Å². The highest BCUT2D eigenvalue weighted by Crippen LogP contribution is 2.19. The van der Waals surface area contributed by atoms with Gasteiger partial charge in [0.2, 0.25) is 0 Å². The first-order valence-electron chi connectivity index (χ1n) is 4.86. The van der Waals surface area contributed by atoms with Crippen molar-refractivity contribution in [2.45, 2.75) is 37.9 Å². The van der Waals surface area contributed by atoms with Gasteiger partial charge in [0.15, 0.2) is 0 Å². The standard InChI is InChI=1S/C9H13N5/c10-5-9(13-8-1-2-8)3-4-14-7-11-6-12-14/h6-9,13H,1-4H2. The third kappa shape index (κ3) is 2.54. The van der Waals surface area contributed by atoms with Crippen molar-refractivity contribution >= 4 is 0 Å². The zero-order chi connectivity index (χ0) is 9.80. The molecule has 74 valence electrons. The third-order valence-electron chi connectivity index (χ3n) is 2.28. The van der Waals surface area contributed by atoms with E-state index in [9.17, 15) is 0 Å². The van der Waals surface area contributed by atoms with Crippen molar-refractivity contribution in [2.24, 2.45) is 0 Å². The molecule has 2 rings (SSSR count). The molecule has 0 aromatic carbocycles. The Hall–Kier alpha value is -1.41. The fourth-order valence-corrected chi connectivity index (χ4v) is 1.33. The van der Waals surface area contributed by atoms with E-state index in [1.54, 1.807) is 11.0 Å². The Bertz CT molecular complexity index is 308. The number of hydrogen-bond acceptors (Lipinski definition) is 4. The number of nitrogens with one attached hydrogen (secondary N) is 1. The molecule has 14 heavy (non-hydrogen) atoms. The van der Waals surface area contributed by atoms with Crippen LogP contribution in [0.2, 0.25) is 0 Å². The molecule has 1 fully saturated rings. The molecule has 1 aliphatic carbocycles. The molecule has 1 unspecified atom stereocenters. The van der Waals surface area contributed by atoms with Gasteiger partial charge in [0.05, 0.1) is 12.1 Å². The first-order chi connectivity index (χ1) is 6.88. The highest BCUT2D eigenvalue weighted by molar-refractivity contribution is 4.95. The van der Waals surface area contributed by atoms with E-state index in [4.69, 9.17) is 5.26 Å². The van der Waals surface area contributed by atoms with Crippen LogP contribution >= 0.6 is 0 Å². The topological polar surface area (TPSA) is 66.5 Å². The Morgan fingerprint density at radius 2 is 2.50 bits per heavy atom. The van der Waals surface area contributed by atoms with Crippen LogP contribution in [0.3, 0.4) is 0 Å². The van der Waals surface area contributed by atoms with E-state index in [-0.39, 0.29) is 6.04 Å². The molecule has 0 bridgehead atoms. The van der Waals surface area contributed by atoms with Gasteiger partial charge in [-0.2, -0.15) is 10.4 Å². The second-order valence-electron chi connectivity index (χ2n) is 3.57. The summed E-state index contributed by atoms with van der Waals surface area (Å²) in [5.41, 5.74) is 0. The van der Waals surface area contributed by atoms with E-state index in [0.717, 1.165) is 13.0 Å². The molecule has 1 heterocycles. The van der Waals surface area contributed by atoms with E-state index >= 15 is 0 Å². The van der Waals surface area contributed by atoms with Gasteiger partial charge in [-0.3, -0.25) is 10.00 Å². The van der Waals surface area contributed by atoms with Gasteiger partial charge < -0.3 is 0 Å². The second-order valence-corrected chi connectivity index (χ2v) is 3.57. The monoisotopic (exact) mass is 191 g/mol. The molecular weight excluding hydrogens is 178 g/mol. The molecule has 0 radical (unpaired) electrons. The van der Waals surface area contributed by atoms with Gasteiger partial charge in [0.1, 0.15) is 12.7 Å².